The Balaban J connectivity index is 1.60. The number of anilines is 1. The second-order valence-corrected chi connectivity index (χ2v) is 12.2. The lowest BCUT2D eigenvalue weighted by Crippen LogP contribution is -2.34. The van der Waals surface area contributed by atoms with Gasteiger partial charge in [-0.25, -0.2) is 46.0 Å². The number of thiophene rings is 1. The molecule has 0 fully saturated rings. The van der Waals surface area contributed by atoms with Crippen LogP contribution in [-0.2, 0) is 20.0 Å². The molecule has 0 saturated heterocycles. The summed E-state index contributed by atoms with van der Waals surface area (Å²) in [6, 6.07) is 8.20. The van der Waals surface area contributed by atoms with Crippen molar-refractivity contribution in [1.82, 2.24) is 19.3 Å². The molecule has 12 nitrogen and oxygen atoms in total. The number of nitrogens with two attached hydrogens (primary N) is 1. The molecule has 3 heterocycles. The summed E-state index contributed by atoms with van der Waals surface area (Å²) in [6.07, 6.45) is 1.21. The maximum atomic E-state index is 13.1. The monoisotopic (exact) mass is 554 g/mol. The standard InChI is InChI=1S/C19H15ClN6O6S3/c1-10-23-14-4-3-12(34(21,29)30)8-13(14)18(27)26(10)16-6-2-11(9-22-16)24-19(28)25-35(31,32)17-7-5-15(20)33-17/h2-9H,1H3,(H2,21,29,30)(H2,24,25,28). The number of nitrogens with zero attached hydrogens (tertiary/aromatic N) is 3. The van der Waals surface area contributed by atoms with Gasteiger partial charge in [-0.05, 0) is 49.4 Å². The number of hydrogen-bond donors (Lipinski definition) is 3. The van der Waals surface area contributed by atoms with Crippen molar-refractivity contribution in [2.24, 2.45) is 5.14 Å². The maximum absolute atomic E-state index is 13.1. The number of hydrogen-bond acceptors (Lipinski definition) is 9. The number of fused-ring (bicyclic) bond motifs is 1. The van der Waals surface area contributed by atoms with Crippen LogP contribution < -0.4 is 20.7 Å². The van der Waals surface area contributed by atoms with Crippen LogP contribution in [-0.4, -0.2) is 37.4 Å². The van der Waals surface area contributed by atoms with E-state index in [2.05, 4.69) is 15.3 Å². The number of sulfonamides is 2. The van der Waals surface area contributed by atoms with E-state index >= 15 is 0 Å². The molecule has 0 atom stereocenters. The number of nitrogens with one attached hydrogen (secondary N) is 2. The van der Waals surface area contributed by atoms with Crippen molar-refractivity contribution in [3.8, 4) is 5.82 Å². The van der Waals surface area contributed by atoms with Gasteiger partial charge in [0.15, 0.2) is 0 Å². The first-order valence-electron chi connectivity index (χ1n) is 9.47. The number of primary sulfonamides is 1. The Kier molecular flexibility index (Phi) is 6.37. The van der Waals surface area contributed by atoms with Crippen molar-refractivity contribution >= 4 is 65.6 Å². The number of rotatable bonds is 5. The lowest BCUT2D eigenvalue weighted by molar-refractivity contribution is 0.256. The van der Waals surface area contributed by atoms with Gasteiger partial charge in [-0.1, -0.05) is 11.6 Å². The Bertz CT molecular complexity index is 1750. The van der Waals surface area contributed by atoms with Crippen LogP contribution in [0.2, 0.25) is 4.34 Å². The number of urea groups is 1. The van der Waals surface area contributed by atoms with Gasteiger partial charge in [-0.3, -0.25) is 4.79 Å². The molecule has 2 amide bonds. The molecule has 3 aromatic heterocycles. The van der Waals surface area contributed by atoms with Crippen LogP contribution >= 0.6 is 22.9 Å². The molecule has 0 bridgehead atoms. The van der Waals surface area contributed by atoms with E-state index in [1.165, 1.54) is 42.6 Å². The fraction of sp³-hybridized carbons (Fsp3) is 0.0526. The summed E-state index contributed by atoms with van der Waals surface area (Å²) in [4.78, 5) is 33.4. The van der Waals surface area contributed by atoms with E-state index < -0.39 is 31.6 Å². The molecule has 1 aromatic carbocycles. The topological polar surface area (TPSA) is 183 Å². The Morgan fingerprint density at radius 1 is 1.11 bits per heavy atom. The van der Waals surface area contributed by atoms with Crippen LogP contribution in [0.3, 0.4) is 0 Å². The Morgan fingerprint density at radius 3 is 2.46 bits per heavy atom. The first-order valence-corrected chi connectivity index (χ1v) is 13.7. The maximum Gasteiger partial charge on any atom is 0.333 e. The van der Waals surface area contributed by atoms with Crippen LogP contribution in [0.1, 0.15) is 5.82 Å². The van der Waals surface area contributed by atoms with Crippen LogP contribution in [0, 0.1) is 6.92 Å². The van der Waals surface area contributed by atoms with Crippen molar-refractivity contribution in [1.29, 1.82) is 0 Å². The number of amides is 2. The number of carbonyl (C=O) groups excluding carboxylic acids is 1. The smallest absolute Gasteiger partial charge is 0.306 e. The zero-order chi connectivity index (χ0) is 25.5. The SMILES string of the molecule is Cc1nc2ccc(S(N)(=O)=O)cc2c(=O)n1-c1ccc(NC(=O)NS(=O)(=O)c2ccc(Cl)s2)cn1. The van der Waals surface area contributed by atoms with E-state index in [0.717, 1.165) is 22.0 Å². The second kappa shape index (κ2) is 9.01. The summed E-state index contributed by atoms with van der Waals surface area (Å²) >= 11 is 6.53. The molecular formula is C19H15ClN6O6S3. The van der Waals surface area contributed by atoms with Crippen molar-refractivity contribution in [2.75, 3.05) is 5.32 Å². The molecule has 0 aliphatic carbocycles. The summed E-state index contributed by atoms with van der Waals surface area (Å²) < 4.78 is 50.9. The summed E-state index contributed by atoms with van der Waals surface area (Å²) in [7, 11) is -8.14. The van der Waals surface area contributed by atoms with Crippen molar-refractivity contribution in [3.05, 3.63) is 69.2 Å². The summed E-state index contributed by atoms with van der Waals surface area (Å²) in [5.41, 5.74) is -0.161. The fourth-order valence-electron chi connectivity index (χ4n) is 3.09. The van der Waals surface area contributed by atoms with Gasteiger partial charge in [0.25, 0.3) is 15.6 Å². The van der Waals surface area contributed by atoms with Crippen molar-refractivity contribution < 1.29 is 21.6 Å². The number of aryl methyl sites for hydroxylation is 1. The molecule has 0 aliphatic rings. The highest BCUT2D eigenvalue weighted by Crippen LogP contribution is 2.25. The summed E-state index contributed by atoms with van der Waals surface area (Å²) in [5.74, 6) is 0.409. The molecule has 0 spiro atoms. The predicted octanol–water partition coefficient (Wildman–Crippen LogP) is 1.96. The third-order valence-corrected chi connectivity index (χ3v) is 8.58. The molecule has 0 unspecified atom stereocenters. The van der Waals surface area contributed by atoms with E-state index in [9.17, 15) is 26.4 Å². The summed E-state index contributed by atoms with van der Waals surface area (Å²) in [5, 5.41) is 7.50. The molecule has 182 valence electrons. The first-order chi connectivity index (χ1) is 16.3. The van der Waals surface area contributed by atoms with Crippen LogP contribution in [0.15, 0.2) is 62.6 Å². The van der Waals surface area contributed by atoms with Crippen LogP contribution in [0.5, 0.6) is 0 Å². The molecule has 4 aromatic rings. The van der Waals surface area contributed by atoms with Crippen molar-refractivity contribution in [3.63, 3.8) is 0 Å². The number of pyridine rings is 1. The normalized spacial score (nSPS) is 12.0. The first kappa shape index (κ1) is 24.7. The Hall–Kier alpha value is -3.37. The number of benzene rings is 1. The largest absolute Gasteiger partial charge is 0.333 e. The van der Waals surface area contributed by atoms with Crippen LogP contribution in [0.4, 0.5) is 10.5 Å². The lowest BCUT2D eigenvalue weighted by atomic mass is 10.2. The zero-order valence-corrected chi connectivity index (χ0v) is 20.8. The van der Waals surface area contributed by atoms with Crippen molar-refractivity contribution in [2.45, 2.75) is 16.0 Å². The second-order valence-electron chi connectivity index (χ2n) is 7.05. The van der Waals surface area contributed by atoms with Gasteiger partial charge in [-0.15, -0.1) is 11.3 Å². The van der Waals surface area contributed by atoms with Gasteiger partial charge in [0.2, 0.25) is 10.0 Å². The van der Waals surface area contributed by atoms with E-state index in [-0.39, 0.29) is 41.7 Å². The highest BCUT2D eigenvalue weighted by atomic mass is 35.5. The van der Waals surface area contributed by atoms with Gasteiger partial charge in [0, 0.05) is 0 Å². The summed E-state index contributed by atoms with van der Waals surface area (Å²) in [6.45, 7) is 1.57. The van der Waals surface area contributed by atoms with Gasteiger partial charge >= 0.3 is 6.03 Å². The number of carbonyl (C=O) groups is 1. The molecule has 16 heteroatoms. The molecule has 0 saturated carbocycles. The minimum absolute atomic E-state index is 0.0180. The molecule has 4 N–H and O–H groups in total. The highest BCUT2D eigenvalue weighted by Gasteiger charge is 2.20. The van der Waals surface area contributed by atoms with Crippen LogP contribution in [0.25, 0.3) is 16.7 Å². The van der Waals surface area contributed by atoms with Gasteiger partial charge in [0.1, 0.15) is 15.9 Å². The predicted molar refractivity (Wildman–Crippen MR) is 130 cm³/mol. The van der Waals surface area contributed by atoms with Gasteiger partial charge in [0.05, 0.1) is 32.0 Å². The quantitative estimate of drug-likeness (QED) is 0.334. The third kappa shape index (κ3) is 5.18. The molecule has 4 rings (SSSR count). The van der Waals surface area contributed by atoms with Gasteiger partial charge in [-0.2, -0.15) is 0 Å². The van der Waals surface area contributed by atoms with E-state index in [4.69, 9.17) is 16.7 Å². The Labute approximate surface area is 207 Å². The zero-order valence-electron chi connectivity index (χ0n) is 17.6. The van der Waals surface area contributed by atoms with Gasteiger partial charge < -0.3 is 5.32 Å². The fourth-order valence-corrected chi connectivity index (χ4v) is 6.02. The lowest BCUT2D eigenvalue weighted by Gasteiger charge is -2.12. The minimum atomic E-state index is -4.11. The van der Waals surface area contributed by atoms with E-state index in [0.29, 0.717) is 0 Å². The average Bonchev–Trinajstić information content (AvgIpc) is 3.21. The Morgan fingerprint density at radius 2 is 1.86 bits per heavy atom. The highest BCUT2D eigenvalue weighted by molar-refractivity contribution is 7.92. The van der Waals surface area contributed by atoms with E-state index in [1.807, 2.05) is 4.72 Å². The van der Waals surface area contributed by atoms with E-state index in [1.54, 1.807) is 6.92 Å². The molecule has 0 aliphatic heterocycles. The molecular weight excluding hydrogens is 540 g/mol. The number of halogens is 1. The minimum Gasteiger partial charge on any atom is -0.306 e. The molecule has 35 heavy (non-hydrogen) atoms. The number of aromatic nitrogens is 3. The average molecular weight is 555 g/mol. The molecule has 0 radical (unpaired) electrons. The third-order valence-electron chi connectivity index (χ3n) is 4.61.